The molecule has 0 aliphatic carbocycles. The molecule has 172 valence electrons. The predicted molar refractivity (Wildman–Crippen MR) is 128 cm³/mol. The van der Waals surface area contributed by atoms with Crippen molar-refractivity contribution in [1.82, 2.24) is 14.3 Å². The van der Waals surface area contributed by atoms with E-state index in [2.05, 4.69) is 16.5 Å². The fraction of sp³-hybridized carbons (Fsp3) is 0.458. The molecule has 33 heavy (non-hydrogen) atoms. The second-order valence-corrected chi connectivity index (χ2v) is 10.8. The Kier molecular flexibility index (Phi) is 4.64. The number of nitrogens with zero attached hydrogens (tertiary/aromatic N) is 2. The van der Waals surface area contributed by atoms with Crippen LogP contribution >= 0.6 is 11.8 Å². The Morgan fingerprint density at radius 1 is 1.21 bits per heavy atom. The first kappa shape index (κ1) is 20.8. The van der Waals surface area contributed by atoms with Crippen molar-refractivity contribution >= 4 is 34.4 Å². The summed E-state index contributed by atoms with van der Waals surface area (Å²) in [5.74, 6) is 0.489. The number of hydrogen-bond acceptors (Lipinski definition) is 5. The van der Waals surface area contributed by atoms with E-state index in [0.29, 0.717) is 36.5 Å². The highest BCUT2D eigenvalue weighted by Gasteiger charge is 2.37. The molecule has 1 aromatic carbocycles. The van der Waals surface area contributed by atoms with Gasteiger partial charge in [0, 0.05) is 18.7 Å². The summed E-state index contributed by atoms with van der Waals surface area (Å²) in [6.45, 7) is 5.28. The van der Waals surface area contributed by atoms with Crippen LogP contribution in [-0.4, -0.2) is 38.2 Å². The molecule has 2 N–H and O–H groups in total. The number of thioether (sulfide) groups is 1. The zero-order chi connectivity index (χ0) is 22.9. The largest absolute Gasteiger partial charge is 0.375 e. The zero-order valence-electron chi connectivity index (χ0n) is 18.6. The van der Waals surface area contributed by atoms with Gasteiger partial charge in [0.25, 0.3) is 11.1 Å². The number of nitrogens with one attached hydrogen (secondary N) is 2. The molecule has 3 aliphatic heterocycles. The molecule has 6 rings (SSSR count). The lowest BCUT2D eigenvalue weighted by Crippen LogP contribution is -2.36. The van der Waals surface area contributed by atoms with Gasteiger partial charge in [0.2, 0.25) is 5.91 Å². The SMILES string of the molecule is CC1(C)C[C@H](n2[nH]c(=O)c3c2NC(=O)CS[C@@H]3c2cc3cccc4c3n(c2=O)CC4)CCO1. The molecule has 3 aromatic rings. The van der Waals surface area contributed by atoms with E-state index in [4.69, 9.17) is 4.74 Å². The summed E-state index contributed by atoms with van der Waals surface area (Å²) < 4.78 is 9.48. The first-order chi connectivity index (χ1) is 15.8. The van der Waals surface area contributed by atoms with Crippen molar-refractivity contribution in [3.63, 3.8) is 0 Å². The van der Waals surface area contributed by atoms with Crippen LogP contribution < -0.4 is 16.4 Å². The van der Waals surface area contributed by atoms with Gasteiger partial charge in [-0.1, -0.05) is 18.2 Å². The fourth-order valence-corrected chi connectivity index (χ4v) is 6.69. The summed E-state index contributed by atoms with van der Waals surface area (Å²) in [5, 5.41) is 6.40. The Morgan fingerprint density at radius 3 is 2.88 bits per heavy atom. The van der Waals surface area contributed by atoms with Crippen molar-refractivity contribution in [2.24, 2.45) is 0 Å². The van der Waals surface area contributed by atoms with Crippen molar-refractivity contribution in [3.8, 4) is 0 Å². The number of amides is 1. The fourth-order valence-electron chi connectivity index (χ4n) is 5.56. The standard InChI is InChI=1S/C24H26N4O4S/c1-24(2)11-15(7-9-32-24)28-21-18(22(30)26-28)20(33-12-17(29)25-21)16-10-14-5-3-4-13-6-8-27(19(13)14)23(16)31/h3-5,10,15,20H,6-9,11-12H2,1-2H3,(H,25,29)(H,26,30)/t15-,20-/m1/s1. The van der Waals surface area contributed by atoms with Crippen LogP contribution in [0, 0.1) is 0 Å². The highest BCUT2D eigenvalue weighted by molar-refractivity contribution is 8.00. The molecule has 5 heterocycles. The van der Waals surface area contributed by atoms with E-state index in [9.17, 15) is 14.4 Å². The van der Waals surface area contributed by atoms with E-state index in [1.165, 1.54) is 17.3 Å². The third-order valence-electron chi connectivity index (χ3n) is 7.01. The Morgan fingerprint density at radius 2 is 2.06 bits per heavy atom. The molecule has 0 radical (unpaired) electrons. The van der Waals surface area contributed by atoms with E-state index < -0.39 is 5.25 Å². The summed E-state index contributed by atoms with van der Waals surface area (Å²) in [7, 11) is 0. The smallest absolute Gasteiger partial charge is 0.270 e. The topological polar surface area (TPSA) is 98.1 Å². The quantitative estimate of drug-likeness (QED) is 0.605. The van der Waals surface area contributed by atoms with Crippen LogP contribution in [0.4, 0.5) is 5.82 Å². The van der Waals surface area contributed by atoms with Gasteiger partial charge in [-0.2, -0.15) is 0 Å². The van der Waals surface area contributed by atoms with Gasteiger partial charge < -0.3 is 14.6 Å². The third-order valence-corrected chi connectivity index (χ3v) is 8.26. The Bertz CT molecular complexity index is 1420. The minimum Gasteiger partial charge on any atom is -0.375 e. The lowest BCUT2D eigenvalue weighted by Gasteiger charge is -2.36. The molecule has 1 fully saturated rings. The van der Waals surface area contributed by atoms with E-state index in [-0.39, 0.29) is 34.4 Å². The van der Waals surface area contributed by atoms with Crippen LogP contribution in [0.5, 0.6) is 0 Å². The maximum atomic E-state index is 13.6. The third kappa shape index (κ3) is 3.28. The van der Waals surface area contributed by atoms with Gasteiger partial charge in [0.05, 0.1) is 33.7 Å². The number of aromatic amines is 1. The van der Waals surface area contributed by atoms with E-state index in [1.807, 2.05) is 36.6 Å². The molecule has 2 aromatic heterocycles. The van der Waals surface area contributed by atoms with E-state index in [1.54, 1.807) is 4.68 Å². The Balaban J connectivity index is 1.53. The first-order valence-electron chi connectivity index (χ1n) is 11.4. The monoisotopic (exact) mass is 466 g/mol. The van der Waals surface area contributed by atoms with Crippen molar-refractivity contribution in [2.75, 3.05) is 17.7 Å². The first-order valence-corrected chi connectivity index (χ1v) is 12.4. The number of rotatable bonds is 2. The number of carbonyl (C=O) groups is 1. The minimum absolute atomic E-state index is 0.00727. The van der Waals surface area contributed by atoms with Crippen molar-refractivity contribution < 1.29 is 9.53 Å². The van der Waals surface area contributed by atoms with Crippen LogP contribution in [0.3, 0.4) is 0 Å². The number of anilines is 1. The number of fused-ring (bicyclic) bond motifs is 1. The minimum atomic E-state index is -0.526. The van der Waals surface area contributed by atoms with Crippen LogP contribution in [0.15, 0.2) is 33.9 Å². The maximum absolute atomic E-state index is 13.6. The highest BCUT2D eigenvalue weighted by atomic mass is 32.2. The number of aromatic nitrogens is 3. The van der Waals surface area contributed by atoms with Gasteiger partial charge in [-0.05, 0) is 50.1 Å². The molecule has 0 bridgehead atoms. The van der Waals surface area contributed by atoms with E-state index in [0.717, 1.165) is 23.7 Å². The van der Waals surface area contributed by atoms with Gasteiger partial charge in [-0.3, -0.25) is 24.2 Å². The molecule has 0 spiro atoms. The normalized spacial score (nSPS) is 23.9. The molecule has 2 atom stereocenters. The van der Waals surface area contributed by atoms with Crippen molar-refractivity contribution in [1.29, 1.82) is 0 Å². The number of hydrogen-bond donors (Lipinski definition) is 2. The van der Waals surface area contributed by atoms with Crippen molar-refractivity contribution in [3.05, 3.63) is 61.7 Å². The van der Waals surface area contributed by atoms with Gasteiger partial charge >= 0.3 is 0 Å². The van der Waals surface area contributed by atoms with Gasteiger partial charge in [-0.15, -0.1) is 11.8 Å². The average molecular weight is 467 g/mol. The molecule has 3 aliphatic rings. The lowest BCUT2D eigenvalue weighted by molar-refractivity contribution is -0.113. The number of para-hydroxylation sites is 1. The number of carbonyl (C=O) groups excluding carboxylic acids is 1. The Hall–Kier alpha value is -2.78. The number of benzene rings is 1. The Labute approximate surface area is 194 Å². The average Bonchev–Trinajstić information content (AvgIpc) is 3.29. The number of pyridine rings is 1. The molecular weight excluding hydrogens is 440 g/mol. The van der Waals surface area contributed by atoms with Gasteiger partial charge in [-0.25, -0.2) is 0 Å². The lowest BCUT2D eigenvalue weighted by atomic mass is 9.94. The molecule has 0 saturated carbocycles. The van der Waals surface area contributed by atoms with Crippen LogP contribution in [0.25, 0.3) is 10.9 Å². The zero-order valence-corrected chi connectivity index (χ0v) is 19.5. The molecule has 8 nitrogen and oxygen atoms in total. The van der Waals surface area contributed by atoms with Crippen LogP contribution in [0.1, 0.15) is 54.7 Å². The summed E-state index contributed by atoms with van der Waals surface area (Å²) >= 11 is 1.34. The predicted octanol–water partition coefficient (Wildman–Crippen LogP) is 2.95. The highest BCUT2D eigenvalue weighted by Crippen LogP contribution is 2.42. The van der Waals surface area contributed by atoms with Gasteiger partial charge in [0.15, 0.2) is 0 Å². The van der Waals surface area contributed by atoms with Gasteiger partial charge in [0.1, 0.15) is 5.82 Å². The molecule has 1 saturated heterocycles. The summed E-state index contributed by atoms with van der Waals surface area (Å²) in [6, 6.07) is 7.98. The molecule has 0 unspecified atom stereocenters. The molecular formula is C24H26N4O4S. The van der Waals surface area contributed by atoms with Crippen LogP contribution in [-0.2, 0) is 22.5 Å². The maximum Gasteiger partial charge on any atom is 0.270 e. The number of H-pyrrole nitrogens is 1. The number of ether oxygens (including phenoxy) is 1. The second kappa shape index (κ2) is 7.36. The molecule has 1 amide bonds. The number of aryl methyl sites for hydroxylation is 2. The summed E-state index contributed by atoms with van der Waals surface area (Å²) in [5.41, 5.74) is 2.50. The van der Waals surface area contributed by atoms with Crippen molar-refractivity contribution in [2.45, 2.75) is 56.5 Å². The molecule has 9 heteroatoms. The summed E-state index contributed by atoms with van der Waals surface area (Å²) in [6.07, 6.45) is 2.28. The van der Waals surface area contributed by atoms with Crippen LogP contribution in [0.2, 0.25) is 0 Å². The van der Waals surface area contributed by atoms with E-state index >= 15 is 0 Å². The second-order valence-electron chi connectivity index (χ2n) is 9.73. The summed E-state index contributed by atoms with van der Waals surface area (Å²) in [4.78, 5) is 39.5.